The Morgan fingerprint density at radius 1 is 1.33 bits per heavy atom. The lowest BCUT2D eigenvalue weighted by atomic mass is 9.96. The van der Waals surface area contributed by atoms with Gasteiger partial charge in [0.2, 0.25) is 5.95 Å². The molecule has 1 aromatic carbocycles. The summed E-state index contributed by atoms with van der Waals surface area (Å²) in [5, 5.41) is 22.7. The first-order chi connectivity index (χ1) is 15.6. The number of aryl methyl sites for hydroxylation is 1. The van der Waals surface area contributed by atoms with Crippen LogP contribution in [0.2, 0.25) is 0 Å². The summed E-state index contributed by atoms with van der Waals surface area (Å²) in [7, 11) is 3.54. The number of carbonyl (C=O) groups excluding carboxylic acids is 1. The highest BCUT2D eigenvalue weighted by atomic mass is 16.1. The number of amides is 1. The fourth-order valence-electron chi connectivity index (χ4n) is 3.90. The fraction of sp³-hybridized carbons (Fsp3) is 0.500. The van der Waals surface area contributed by atoms with Gasteiger partial charge < -0.3 is 26.2 Å². The number of hydrogen-bond donors (Lipinski definition) is 4. The van der Waals surface area contributed by atoms with E-state index in [1.54, 1.807) is 19.2 Å². The maximum atomic E-state index is 12.1. The van der Waals surface area contributed by atoms with Crippen LogP contribution >= 0.6 is 0 Å². The number of aromatic nitrogens is 2. The zero-order valence-electron chi connectivity index (χ0n) is 20.3. The molecule has 0 saturated carbocycles. The fourth-order valence-corrected chi connectivity index (χ4v) is 3.90. The summed E-state index contributed by atoms with van der Waals surface area (Å²) in [4.78, 5) is 23.5. The predicted molar refractivity (Wildman–Crippen MR) is 132 cm³/mol. The Hall–Kier alpha value is -3.38. The highest BCUT2D eigenvalue weighted by molar-refractivity contribution is 5.95. The molecule has 2 heterocycles. The topological polar surface area (TPSA) is 118 Å². The van der Waals surface area contributed by atoms with Crippen molar-refractivity contribution >= 4 is 29.2 Å². The molecule has 1 amide bonds. The van der Waals surface area contributed by atoms with Crippen molar-refractivity contribution < 1.29 is 4.79 Å². The summed E-state index contributed by atoms with van der Waals surface area (Å²) in [6.07, 6.45) is 0.979. The van der Waals surface area contributed by atoms with Gasteiger partial charge in [0.05, 0.1) is 0 Å². The van der Waals surface area contributed by atoms with E-state index in [1.165, 1.54) is 0 Å². The molecule has 33 heavy (non-hydrogen) atoms. The molecule has 1 aliphatic heterocycles. The van der Waals surface area contributed by atoms with E-state index in [-0.39, 0.29) is 17.4 Å². The number of nitriles is 1. The number of nitrogens with zero attached hydrogens (tertiary/aromatic N) is 4. The van der Waals surface area contributed by atoms with E-state index in [9.17, 15) is 10.1 Å². The normalized spacial score (nSPS) is 15.6. The number of benzene rings is 1. The Kier molecular flexibility index (Phi) is 7.39. The van der Waals surface area contributed by atoms with Gasteiger partial charge in [0.15, 0.2) is 11.6 Å². The highest BCUT2D eigenvalue weighted by Crippen LogP contribution is 2.31. The Labute approximate surface area is 196 Å². The quantitative estimate of drug-likeness (QED) is 0.508. The van der Waals surface area contributed by atoms with E-state index in [0.717, 1.165) is 25.1 Å². The van der Waals surface area contributed by atoms with Crippen LogP contribution in [0.25, 0.3) is 0 Å². The summed E-state index contributed by atoms with van der Waals surface area (Å²) < 4.78 is 0. The zero-order chi connectivity index (χ0) is 24.2. The molecule has 9 nitrogen and oxygen atoms in total. The molecule has 0 aliphatic carbocycles. The lowest BCUT2D eigenvalue weighted by Crippen LogP contribution is -2.31. The van der Waals surface area contributed by atoms with E-state index in [0.29, 0.717) is 40.9 Å². The standard InChI is InChI=1S/C24H34N8O/c1-15-7-8-16(22(33)26-5)11-19(15)29-20-18(12-25)21(32(6)14-24(2,3)4)31-23(30-20)28-17-9-10-27-13-17/h7-8,11,17,27H,9-10,13-14H2,1-6H3,(H,26,33)(H2,28,29,30,31). The van der Waals surface area contributed by atoms with Crippen molar-refractivity contribution in [3.63, 3.8) is 0 Å². The molecular weight excluding hydrogens is 416 g/mol. The highest BCUT2D eigenvalue weighted by Gasteiger charge is 2.24. The number of anilines is 4. The van der Waals surface area contributed by atoms with Crippen LogP contribution in [-0.2, 0) is 0 Å². The Balaban J connectivity index is 2.06. The van der Waals surface area contributed by atoms with E-state index >= 15 is 0 Å². The smallest absolute Gasteiger partial charge is 0.251 e. The largest absolute Gasteiger partial charge is 0.358 e. The molecule has 1 aliphatic rings. The Morgan fingerprint density at radius 2 is 2.09 bits per heavy atom. The van der Waals surface area contributed by atoms with Crippen molar-refractivity contribution in [2.45, 2.75) is 40.2 Å². The number of carbonyl (C=O) groups is 1. The third-order valence-corrected chi connectivity index (χ3v) is 5.45. The van der Waals surface area contributed by atoms with Gasteiger partial charge in [0.25, 0.3) is 5.91 Å². The van der Waals surface area contributed by atoms with E-state index < -0.39 is 0 Å². The van der Waals surface area contributed by atoms with Crippen molar-refractivity contribution in [2.24, 2.45) is 5.41 Å². The van der Waals surface area contributed by atoms with Crippen LogP contribution in [0.3, 0.4) is 0 Å². The third-order valence-electron chi connectivity index (χ3n) is 5.45. The van der Waals surface area contributed by atoms with E-state index in [4.69, 9.17) is 4.98 Å². The molecule has 1 aromatic heterocycles. The molecule has 1 atom stereocenters. The van der Waals surface area contributed by atoms with Gasteiger partial charge >= 0.3 is 0 Å². The molecule has 1 unspecified atom stereocenters. The average Bonchev–Trinajstić information content (AvgIpc) is 3.26. The van der Waals surface area contributed by atoms with Crippen LogP contribution in [0.5, 0.6) is 0 Å². The lowest BCUT2D eigenvalue weighted by Gasteiger charge is -2.29. The van der Waals surface area contributed by atoms with Crippen LogP contribution in [0.1, 0.15) is 48.7 Å². The molecule has 1 fully saturated rings. The minimum Gasteiger partial charge on any atom is -0.358 e. The molecule has 1 saturated heterocycles. The minimum absolute atomic E-state index is 0.0153. The van der Waals surface area contributed by atoms with E-state index in [2.05, 4.69) is 53.1 Å². The molecule has 0 radical (unpaired) electrons. The monoisotopic (exact) mass is 450 g/mol. The SMILES string of the molecule is CNC(=O)c1ccc(C)c(Nc2nc(NC3CCNC3)nc(N(C)CC(C)(C)C)c2C#N)c1. The van der Waals surface area contributed by atoms with Crippen LogP contribution in [-0.4, -0.2) is 55.6 Å². The van der Waals surface area contributed by atoms with Crippen LogP contribution in [0.15, 0.2) is 18.2 Å². The Bertz CT molecular complexity index is 1050. The van der Waals surface area contributed by atoms with Gasteiger partial charge in [-0.2, -0.15) is 15.2 Å². The third kappa shape index (κ3) is 6.11. The van der Waals surface area contributed by atoms with Gasteiger partial charge in [-0.05, 0) is 43.0 Å². The second-order valence-corrected chi connectivity index (χ2v) is 9.69. The van der Waals surface area contributed by atoms with Crippen LogP contribution in [0.4, 0.5) is 23.3 Å². The molecule has 9 heteroatoms. The van der Waals surface area contributed by atoms with Gasteiger partial charge in [0, 0.05) is 44.5 Å². The van der Waals surface area contributed by atoms with Gasteiger partial charge in [-0.1, -0.05) is 26.8 Å². The average molecular weight is 451 g/mol. The first-order valence-corrected chi connectivity index (χ1v) is 11.2. The predicted octanol–water partition coefficient (Wildman–Crippen LogP) is 3.02. The van der Waals surface area contributed by atoms with Crippen molar-refractivity contribution in [3.8, 4) is 6.07 Å². The first-order valence-electron chi connectivity index (χ1n) is 11.2. The molecule has 2 aromatic rings. The van der Waals surface area contributed by atoms with E-state index in [1.807, 2.05) is 24.9 Å². The minimum atomic E-state index is -0.178. The maximum absolute atomic E-state index is 12.1. The number of rotatable bonds is 7. The van der Waals surface area contributed by atoms with Crippen molar-refractivity contribution in [3.05, 3.63) is 34.9 Å². The second kappa shape index (κ2) is 10.0. The molecule has 4 N–H and O–H groups in total. The summed E-state index contributed by atoms with van der Waals surface area (Å²) >= 11 is 0. The summed E-state index contributed by atoms with van der Waals surface area (Å²) in [6, 6.07) is 7.93. The van der Waals surface area contributed by atoms with Gasteiger partial charge in [0.1, 0.15) is 11.6 Å². The lowest BCUT2D eigenvalue weighted by molar-refractivity contribution is 0.0963. The van der Waals surface area contributed by atoms with Gasteiger partial charge in [-0.15, -0.1) is 0 Å². The van der Waals surface area contributed by atoms with Gasteiger partial charge in [-0.3, -0.25) is 4.79 Å². The zero-order valence-corrected chi connectivity index (χ0v) is 20.3. The number of nitrogens with one attached hydrogen (secondary N) is 4. The first kappa shape index (κ1) is 24.3. The van der Waals surface area contributed by atoms with Crippen molar-refractivity contribution in [1.29, 1.82) is 5.26 Å². The molecule has 3 rings (SSSR count). The molecule has 176 valence electrons. The molecular formula is C24H34N8O. The Morgan fingerprint density at radius 3 is 2.70 bits per heavy atom. The maximum Gasteiger partial charge on any atom is 0.251 e. The van der Waals surface area contributed by atoms with Crippen molar-refractivity contribution in [2.75, 3.05) is 49.3 Å². The number of hydrogen-bond acceptors (Lipinski definition) is 8. The van der Waals surface area contributed by atoms with Crippen molar-refractivity contribution in [1.82, 2.24) is 20.6 Å². The summed E-state index contributed by atoms with van der Waals surface area (Å²) in [5.74, 6) is 1.27. The summed E-state index contributed by atoms with van der Waals surface area (Å²) in [6.45, 7) is 10.9. The van der Waals surface area contributed by atoms with Crippen LogP contribution < -0.4 is 26.2 Å². The molecule has 0 bridgehead atoms. The van der Waals surface area contributed by atoms with Crippen LogP contribution in [0, 0.1) is 23.7 Å². The second-order valence-electron chi connectivity index (χ2n) is 9.69. The summed E-state index contributed by atoms with van der Waals surface area (Å²) in [5.41, 5.74) is 2.55. The molecule has 0 spiro atoms. The van der Waals surface area contributed by atoms with Gasteiger partial charge in [-0.25, -0.2) is 0 Å².